The van der Waals surface area contributed by atoms with Crippen molar-refractivity contribution in [1.82, 2.24) is 30.2 Å². The van der Waals surface area contributed by atoms with E-state index in [0.717, 1.165) is 205 Å². The van der Waals surface area contributed by atoms with Crippen molar-refractivity contribution < 1.29 is 47.9 Å². The Morgan fingerprint density at radius 1 is 0.310 bits per heavy atom. The topological polar surface area (TPSA) is 208 Å². The minimum Gasteiger partial charge on any atom is -0.350 e. The van der Waals surface area contributed by atoms with Gasteiger partial charge in [0.15, 0.2) is 0 Å². The van der Waals surface area contributed by atoms with Gasteiger partial charge < -0.3 is 10.6 Å². The zero-order valence-corrected chi connectivity index (χ0v) is 57.8. The summed E-state index contributed by atoms with van der Waals surface area (Å²) < 4.78 is 0. The molecule has 0 bridgehead atoms. The van der Waals surface area contributed by atoms with Crippen LogP contribution in [0.3, 0.4) is 0 Å². The van der Waals surface area contributed by atoms with Crippen LogP contribution in [-0.4, -0.2) is 116 Å². The molecule has 1 aliphatic carbocycles. The number of carbonyl (C=O) groups excluding carboxylic acids is 10. The van der Waals surface area contributed by atoms with E-state index in [2.05, 4.69) is 38.3 Å². The second-order valence-electron chi connectivity index (χ2n) is 29.0. The second-order valence-corrected chi connectivity index (χ2v) is 29.0. The molecule has 10 aromatic rings. The fraction of sp³-hybridized carbons (Fsp3) is 0.405. The zero-order chi connectivity index (χ0) is 69.4. The smallest absolute Gasteiger partial charge is 0.261 e. The van der Waals surface area contributed by atoms with E-state index in [1.807, 2.05) is 72.8 Å². The summed E-state index contributed by atoms with van der Waals surface area (Å²) in [5.74, 6) is -4.83. The number of amides is 10. The molecule has 10 aromatic carbocycles. The van der Waals surface area contributed by atoms with E-state index in [1.54, 1.807) is 24.3 Å². The molecule has 10 amide bonds. The highest BCUT2D eigenvalue weighted by atomic mass is 16.2. The fourth-order valence-corrected chi connectivity index (χ4v) is 17.9. The number of nitrogens with zero attached hydrogens (tertiary/aromatic N) is 4. The molecule has 1 saturated carbocycles. The Labute approximate surface area is 581 Å². The molecule has 4 heterocycles. The first-order chi connectivity index (χ1) is 48.7. The second kappa shape index (κ2) is 27.1. The van der Waals surface area contributed by atoms with Crippen LogP contribution < -0.4 is 10.6 Å². The lowest BCUT2D eigenvalue weighted by Crippen LogP contribution is -2.57. The highest BCUT2D eigenvalue weighted by molar-refractivity contribution is 6.43. The Morgan fingerprint density at radius 3 is 0.750 bits per heavy atom. The van der Waals surface area contributed by atoms with Crippen LogP contribution in [0.4, 0.5) is 0 Å². The number of carbonyl (C=O) groups is 10. The molecule has 1 fully saturated rings. The fourth-order valence-electron chi connectivity index (χ4n) is 17.9. The van der Waals surface area contributed by atoms with Crippen LogP contribution in [0.15, 0.2) is 97.1 Å². The van der Waals surface area contributed by atoms with Crippen LogP contribution in [0.2, 0.25) is 0 Å². The largest absolute Gasteiger partial charge is 0.350 e. The number of hydrogen-bond acceptors (Lipinski definition) is 10. The first kappa shape index (κ1) is 66.2. The molecule has 512 valence electrons. The van der Waals surface area contributed by atoms with Gasteiger partial charge in [-0.1, -0.05) is 192 Å². The van der Waals surface area contributed by atoms with Gasteiger partial charge in [-0.25, -0.2) is 0 Å². The third-order valence-corrected chi connectivity index (χ3v) is 22.9. The van der Waals surface area contributed by atoms with Crippen LogP contribution in [0, 0.1) is 0 Å². The number of fused-ring (bicyclic) bond motifs is 4. The van der Waals surface area contributed by atoms with Gasteiger partial charge in [0.25, 0.3) is 47.3 Å². The van der Waals surface area contributed by atoms with Crippen LogP contribution in [0.1, 0.15) is 265 Å². The monoisotopic (exact) mass is 1340 g/mol. The van der Waals surface area contributed by atoms with Gasteiger partial charge in [0.05, 0.1) is 0 Å². The quantitative estimate of drug-likeness (QED) is 0.0205. The molecule has 2 atom stereocenters. The molecule has 0 aromatic heterocycles. The van der Waals surface area contributed by atoms with Crippen LogP contribution in [0.25, 0.3) is 86.2 Å². The number of rotatable bonds is 28. The number of nitrogens with one attached hydrogen (secondary N) is 2. The first-order valence-corrected chi connectivity index (χ1v) is 37.2. The molecule has 0 spiro atoms. The average molecular weight is 1340 g/mol. The Balaban J connectivity index is 0.641. The van der Waals surface area contributed by atoms with Gasteiger partial charge in [-0.3, -0.25) is 67.5 Å². The average Bonchev–Trinajstić information content (AvgIpc) is 0.696. The maximum Gasteiger partial charge on any atom is 0.261 e. The predicted octanol–water partition coefficient (Wildman–Crippen LogP) is 17.0. The molecule has 16 nitrogen and oxygen atoms in total. The van der Waals surface area contributed by atoms with E-state index >= 15 is 0 Å². The van der Waals surface area contributed by atoms with Gasteiger partial charge in [-0.15, -0.1) is 0 Å². The summed E-state index contributed by atoms with van der Waals surface area (Å²) in [6.45, 7) is 7.52. The Bertz CT molecular complexity index is 4530. The highest BCUT2D eigenvalue weighted by Crippen LogP contribution is 2.49. The molecule has 15 rings (SSSR count). The van der Waals surface area contributed by atoms with Gasteiger partial charge in [0.2, 0.25) is 11.8 Å². The van der Waals surface area contributed by atoms with E-state index < -0.39 is 60.6 Å². The van der Waals surface area contributed by atoms with Gasteiger partial charge in [0.1, 0.15) is 13.1 Å². The van der Waals surface area contributed by atoms with Crippen molar-refractivity contribution >= 4 is 145 Å². The lowest BCUT2D eigenvalue weighted by Gasteiger charge is -2.35. The summed E-state index contributed by atoms with van der Waals surface area (Å²) in [6.07, 6.45) is 22.2. The minimum absolute atomic E-state index is 0.201. The molecule has 4 aliphatic heterocycles. The maximum absolute atomic E-state index is 14.7. The predicted molar refractivity (Wildman–Crippen MR) is 392 cm³/mol. The zero-order valence-electron chi connectivity index (χ0n) is 57.8. The lowest BCUT2D eigenvalue weighted by molar-refractivity contribution is -0.125. The number of imide groups is 4. The van der Waals surface area contributed by atoms with Crippen LogP contribution >= 0.6 is 0 Å². The molecule has 0 radical (unpaired) electrons. The van der Waals surface area contributed by atoms with E-state index in [0.29, 0.717) is 67.4 Å². The molecule has 2 unspecified atom stereocenters. The molecular formula is C84H86N6O10. The summed E-state index contributed by atoms with van der Waals surface area (Å²) in [6, 6.07) is 27.6. The maximum atomic E-state index is 14.7. The summed E-state index contributed by atoms with van der Waals surface area (Å²) >= 11 is 0. The van der Waals surface area contributed by atoms with Crippen molar-refractivity contribution in [2.24, 2.45) is 0 Å². The van der Waals surface area contributed by atoms with Crippen molar-refractivity contribution in [3.63, 3.8) is 0 Å². The molecular weight excluding hydrogens is 1250 g/mol. The van der Waals surface area contributed by atoms with E-state index in [9.17, 15) is 47.9 Å². The highest BCUT2D eigenvalue weighted by Gasteiger charge is 2.43. The van der Waals surface area contributed by atoms with Crippen molar-refractivity contribution in [1.29, 1.82) is 0 Å². The molecule has 2 N–H and O–H groups in total. The molecule has 0 saturated heterocycles. The number of hydrogen-bond donors (Lipinski definition) is 2. The van der Waals surface area contributed by atoms with Gasteiger partial charge in [0, 0.05) is 90.2 Å². The summed E-state index contributed by atoms with van der Waals surface area (Å²) in [7, 11) is 0. The van der Waals surface area contributed by atoms with Crippen molar-refractivity contribution in [2.75, 3.05) is 13.1 Å². The van der Waals surface area contributed by atoms with Crippen molar-refractivity contribution in [3.8, 4) is 0 Å². The SMILES string of the molecule is CCCCCCC(CCCCCC)N1C(=O)c2ccc3c4ccc5c6c(ccc(c7ccc(c2c37)C1=O)c64)C(=O)N(CC(=O)NC1CCCCC1NC(=O)CN1C(=O)c2ccc3c4ccc6c7c(ccc(c8ccc(c2c38)C1=O)c74)C(=O)N(C(CCCCCC)CCCCCC)C6=O)C5=O. The summed E-state index contributed by atoms with van der Waals surface area (Å²) in [5.41, 5.74) is 3.00. The number of benzene rings is 10. The summed E-state index contributed by atoms with van der Waals surface area (Å²) in [5, 5.41) is 17.4. The van der Waals surface area contributed by atoms with Gasteiger partial charge in [-0.05, 0) is 152 Å². The van der Waals surface area contributed by atoms with Crippen molar-refractivity contribution in [2.45, 2.75) is 206 Å². The Morgan fingerprint density at radius 2 is 0.530 bits per heavy atom. The Hall–Kier alpha value is -9.70. The van der Waals surface area contributed by atoms with Crippen molar-refractivity contribution in [3.05, 3.63) is 142 Å². The number of unbranched alkanes of at least 4 members (excludes halogenated alkanes) is 12. The van der Waals surface area contributed by atoms with Crippen LogP contribution in [0.5, 0.6) is 0 Å². The third kappa shape index (κ3) is 10.8. The standard InChI is InChI=1S/C84H86N6O10/c1-5-9-13-17-23-47(24-18-14-10-6-2)89-81(97)61-41-33-53-49-29-37-57-73-58(38-30-50(69(49)73)54-34-42-62(82(89)98)75(61)71(53)54)78(94)87(77(57)93)45-67(91)85-65-27-21-22-28-66(65)86-68(92)46-88-79(95)59-39-31-51-55-35-43-63-76-64(44-36-56(72(55)76)52-32-40-60(80(88)96)74(59)70(51)52)84(100)90(83(63)99)48(25-19-15-11-7-3)26-20-16-12-8-4/h29-44,47-48,65-66H,5-28,45-46H2,1-4H3,(H,85,91)(H,86,92). The lowest BCUT2D eigenvalue weighted by atomic mass is 9.82. The first-order valence-electron chi connectivity index (χ1n) is 37.2. The van der Waals surface area contributed by atoms with E-state index in [-0.39, 0.29) is 58.0 Å². The molecule has 100 heavy (non-hydrogen) atoms. The van der Waals surface area contributed by atoms with E-state index in [1.165, 1.54) is 9.80 Å². The molecule has 16 heteroatoms. The Kier molecular flexibility index (Phi) is 17.9. The normalized spacial score (nSPS) is 17.1. The summed E-state index contributed by atoms with van der Waals surface area (Å²) in [4.78, 5) is 151. The minimum atomic E-state index is -0.634. The van der Waals surface area contributed by atoms with Gasteiger partial charge >= 0.3 is 0 Å². The van der Waals surface area contributed by atoms with Gasteiger partial charge in [-0.2, -0.15) is 0 Å². The third-order valence-electron chi connectivity index (χ3n) is 22.9. The van der Waals surface area contributed by atoms with E-state index in [4.69, 9.17) is 0 Å². The molecule has 5 aliphatic rings. The van der Waals surface area contributed by atoms with Crippen LogP contribution in [-0.2, 0) is 9.59 Å².